The van der Waals surface area contributed by atoms with Crippen molar-refractivity contribution in [3.05, 3.63) is 40.3 Å². The lowest BCUT2D eigenvalue weighted by Gasteiger charge is -2.42. The largest absolute Gasteiger partial charge is 0.354 e. The zero-order chi connectivity index (χ0) is 25.6. The highest BCUT2D eigenvalue weighted by molar-refractivity contribution is 6.04. The van der Waals surface area contributed by atoms with Crippen molar-refractivity contribution in [3.63, 3.8) is 0 Å². The zero-order valence-electron chi connectivity index (χ0n) is 22.8. The van der Waals surface area contributed by atoms with E-state index in [1.807, 2.05) is 10.8 Å². The van der Waals surface area contributed by atoms with Crippen LogP contribution < -0.4 is 10.9 Å². The maximum absolute atomic E-state index is 14.1. The molecule has 2 aromatic heterocycles. The van der Waals surface area contributed by atoms with Gasteiger partial charge in [-0.05, 0) is 69.4 Å². The van der Waals surface area contributed by atoms with E-state index in [-0.39, 0.29) is 17.1 Å². The quantitative estimate of drug-likeness (QED) is 0.468. The first-order valence-electron chi connectivity index (χ1n) is 14.4. The molecule has 1 aromatic carbocycles. The molecular weight excluding hydrogens is 460 g/mol. The van der Waals surface area contributed by atoms with Crippen molar-refractivity contribution >= 4 is 27.8 Å². The van der Waals surface area contributed by atoms with Crippen LogP contribution in [0.1, 0.15) is 77.3 Å². The van der Waals surface area contributed by atoms with Crippen LogP contribution in [0.15, 0.2) is 29.2 Å². The van der Waals surface area contributed by atoms with Crippen LogP contribution in [0.3, 0.4) is 0 Å². The molecule has 37 heavy (non-hydrogen) atoms. The Morgan fingerprint density at radius 2 is 1.70 bits per heavy atom. The normalized spacial score (nSPS) is 20.6. The molecule has 1 aliphatic heterocycles. The number of benzene rings is 1. The Morgan fingerprint density at radius 3 is 2.41 bits per heavy atom. The van der Waals surface area contributed by atoms with Gasteiger partial charge in [0.05, 0.1) is 0 Å². The molecule has 7 nitrogen and oxygen atoms in total. The molecule has 3 heterocycles. The Hall–Kier alpha value is -2.51. The second-order valence-electron chi connectivity index (χ2n) is 12.5. The number of nitrogens with zero attached hydrogens (tertiary/aromatic N) is 5. The minimum atomic E-state index is 0.112. The maximum atomic E-state index is 14.1. The molecule has 2 aliphatic carbocycles. The lowest BCUT2D eigenvalue weighted by molar-refractivity contribution is 0.0591. The first-order chi connectivity index (χ1) is 17.9. The second-order valence-corrected chi connectivity index (χ2v) is 12.5. The summed E-state index contributed by atoms with van der Waals surface area (Å²) in [5.41, 5.74) is 2.34. The molecule has 0 spiro atoms. The van der Waals surface area contributed by atoms with Crippen LogP contribution >= 0.6 is 0 Å². The third kappa shape index (κ3) is 5.26. The van der Waals surface area contributed by atoms with Crippen LogP contribution in [0.2, 0.25) is 0 Å². The third-order valence-electron chi connectivity index (χ3n) is 8.73. The number of pyridine rings is 1. The monoisotopic (exact) mass is 502 g/mol. The number of nitrogens with one attached hydrogen (secondary N) is 1. The van der Waals surface area contributed by atoms with Gasteiger partial charge in [0, 0.05) is 67.8 Å². The van der Waals surface area contributed by atoms with E-state index in [2.05, 4.69) is 59.1 Å². The number of hydrogen-bond acceptors (Lipinski definition) is 6. The van der Waals surface area contributed by atoms with Crippen LogP contribution in [0.4, 0.5) is 5.95 Å². The fourth-order valence-corrected chi connectivity index (χ4v) is 6.23. The van der Waals surface area contributed by atoms with Gasteiger partial charge < -0.3 is 5.32 Å². The molecule has 0 radical (unpaired) electrons. The summed E-state index contributed by atoms with van der Waals surface area (Å²) in [6.45, 7) is 13.0. The van der Waals surface area contributed by atoms with Crippen LogP contribution in [-0.4, -0.2) is 62.6 Å². The summed E-state index contributed by atoms with van der Waals surface area (Å²) in [7, 11) is 0. The van der Waals surface area contributed by atoms with Crippen LogP contribution in [0, 0.1) is 5.92 Å². The summed E-state index contributed by atoms with van der Waals surface area (Å²) in [5.74, 6) is 1.39. The average Bonchev–Trinajstić information content (AvgIpc) is 3.73. The summed E-state index contributed by atoms with van der Waals surface area (Å²) in [6.07, 6.45) is 10.2. The second kappa shape index (κ2) is 9.99. The predicted octanol–water partition coefficient (Wildman–Crippen LogP) is 5.19. The van der Waals surface area contributed by atoms with Crippen LogP contribution in [0.5, 0.6) is 0 Å². The van der Waals surface area contributed by atoms with Crippen molar-refractivity contribution in [2.45, 2.75) is 83.8 Å². The lowest BCUT2D eigenvalue weighted by atomic mass is 9.94. The fraction of sp³-hybridized carbons (Fsp3) is 0.633. The molecule has 0 amide bonds. The highest BCUT2D eigenvalue weighted by Crippen LogP contribution is 2.33. The zero-order valence-corrected chi connectivity index (χ0v) is 22.8. The van der Waals surface area contributed by atoms with Crippen molar-refractivity contribution in [2.24, 2.45) is 5.92 Å². The Kier molecular flexibility index (Phi) is 6.70. The first-order valence-corrected chi connectivity index (χ1v) is 14.4. The van der Waals surface area contributed by atoms with E-state index in [1.165, 1.54) is 37.7 Å². The number of fused-ring (bicyclic) bond motifs is 3. The van der Waals surface area contributed by atoms with Gasteiger partial charge in [-0.25, -0.2) is 4.98 Å². The van der Waals surface area contributed by atoms with Gasteiger partial charge in [-0.1, -0.05) is 31.4 Å². The number of piperazine rings is 1. The van der Waals surface area contributed by atoms with Gasteiger partial charge in [-0.2, -0.15) is 4.98 Å². The Labute approximate surface area is 220 Å². The summed E-state index contributed by atoms with van der Waals surface area (Å²) in [5, 5.41) is 6.19. The minimum absolute atomic E-state index is 0.112. The summed E-state index contributed by atoms with van der Waals surface area (Å²) >= 11 is 0. The predicted molar refractivity (Wildman–Crippen MR) is 151 cm³/mol. The fourth-order valence-electron chi connectivity index (χ4n) is 6.23. The number of hydrogen-bond donors (Lipinski definition) is 1. The minimum Gasteiger partial charge on any atom is -0.354 e. The van der Waals surface area contributed by atoms with Crippen molar-refractivity contribution in [3.8, 4) is 0 Å². The van der Waals surface area contributed by atoms with E-state index in [9.17, 15) is 4.79 Å². The summed E-state index contributed by atoms with van der Waals surface area (Å²) in [6, 6.07) is 6.69. The molecule has 2 saturated carbocycles. The topological polar surface area (TPSA) is 66.3 Å². The van der Waals surface area contributed by atoms with E-state index in [0.717, 1.165) is 79.8 Å². The van der Waals surface area contributed by atoms with Crippen molar-refractivity contribution in [1.82, 2.24) is 24.3 Å². The van der Waals surface area contributed by atoms with Crippen LogP contribution in [-0.2, 0) is 6.54 Å². The van der Waals surface area contributed by atoms with Crippen molar-refractivity contribution < 1.29 is 0 Å². The Balaban J connectivity index is 1.35. The first kappa shape index (κ1) is 24.8. The van der Waals surface area contributed by atoms with Gasteiger partial charge in [-0.15, -0.1) is 0 Å². The van der Waals surface area contributed by atoms with Gasteiger partial charge in [0.25, 0.3) is 5.56 Å². The molecule has 0 atom stereocenters. The maximum Gasteiger partial charge on any atom is 0.260 e. The third-order valence-corrected chi connectivity index (χ3v) is 8.73. The molecule has 6 rings (SSSR count). The number of aromatic nitrogens is 3. The Bertz CT molecular complexity index is 1320. The number of rotatable bonds is 6. The van der Waals surface area contributed by atoms with E-state index < -0.39 is 0 Å². The summed E-state index contributed by atoms with van der Waals surface area (Å²) in [4.78, 5) is 28.8. The van der Waals surface area contributed by atoms with Gasteiger partial charge >= 0.3 is 0 Å². The SMILES string of the molecule is CC(C)(C)N1CCN(Cc2ccc3c(c2)c(=O)n(C2CCCCC2)c2nc(NCC4CC4)ncc32)CC1. The van der Waals surface area contributed by atoms with Crippen molar-refractivity contribution in [1.29, 1.82) is 0 Å². The average molecular weight is 503 g/mol. The lowest BCUT2D eigenvalue weighted by Crippen LogP contribution is -2.53. The molecule has 1 saturated heterocycles. The van der Waals surface area contributed by atoms with Gasteiger partial charge in [0.15, 0.2) is 0 Å². The van der Waals surface area contributed by atoms with Gasteiger partial charge in [0.1, 0.15) is 5.65 Å². The van der Waals surface area contributed by atoms with E-state index in [1.54, 1.807) is 0 Å². The van der Waals surface area contributed by atoms with Gasteiger partial charge in [-0.3, -0.25) is 19.2 Å². The smallest absolute Gasteiger partial charge is 0.260 e. The molecule has 0 unspecified atom stereocenters. The Morgan fingerprint density at radius 1 is 0.946 bits per heavy atom. The van der Waals surface area contributed by atoms with E-state index >= 15 is 0 Å². The number of anilines is 1. The molecule has 0 bridgehead atoms. The molecule has 198 valence electrons. The van der Waals surface area contributed by atoms with E-state index in [4.69, 9.17) is 4.98 Å². The van der Waals surface area contributed by atoms with E-state index in [0.29, 0.717) is 5.95 Å². The molecule has 3 aliphatic rings. The molecule has 3 aromatic rings. The molecular formula is C30H42N6O. The molecule has 1 N–H and O–H groups in total. The highest BCUT2D eigenvalue weighted by atomic mass is 16.1. The van der Waals surface area contributed by atoms with Gasteiger partial charge in [0.2, 0.25) is 5.95 Å². The summed E-state index contributed by atoms with van der Waals surface area (Å²) < 4.78 is 2.02. The standard InChI is InChI=1S/C30H42N6O/c1-30(2,3)35-15-13-34(14-16-35)20-22-11-12-24-25(17-22)28(37)36(23-7-5-4-6-8-23)27-26(24)19-32-29(33-27)31-18-21-9-10-21/h11-12,17,19,21,23H,4-10,13-16,18,20H2,1-3H3,(H,31,32,33). The molecule has 3 fully saturated rings. The highest BCUT2D eigenvalue weighted by Gasteiger charge is 2.27. The molecule has 7 heteroatoms. The van der Waals surface area contributed by atoms with Crippen molar-refractivity contribution in [2.75, 3.05) is 38.0 Å². The van der Waals surface area contributed by atoms with Crippen LogP contribution in [0.25, 0.3) is 21.8 Å².